The van der Waals surface area contributed by atoms with Gasteiger partial charge >= 0.3 is 0 Å². The summed E-state index contributed by atoms with van der Waals surface area (Å²) < 4.78 is 0. The molecular weight excluding hydrogens is 234 g/mol. The van der Waals surface area contributed by atoms with E-state index in [-0.39, 0.29) is 0 Å². The fraction of sp³-hybridized carbons (Fsp3) is 0.647. The number of β-amino-alcohol motifs (C(OH)–C–C–N with tert-alkyl or cyclic N) is 1. The normalized spacial score (nSPS) is 31.9. The molecule has 1 aliphatic heterocycles. The molecule has 104 valence electrons. The van der Waals surface area contributed by atoms with Gasteiger partial charge < -0.3 is 5.11 Å². The Balaban J connectivity index is 1.73. The molecule has 0 bridgehead atoms. The van der Waals surface area contributed by atoms with Crippen LogP contribution in [0.4, 0.5) is 0 Å². The molecule has 2 aliphatic rings. The van der Waals surface area contributed by atoms with E-state index in [9.17, 15) is 5.11 Å². The second-order valence-corrected chi connectivity index (χ2v) is 6.78. The van der Waals surface area contributed by atoms with Crippen molar-refractivity contribution in [3.63, 3.8) is 0 Å². The van der Waals surface area contributed by atoms with Gasteiger partial charge in [-0.2, -0.15) is 0 Å². The highest BCUT2D eigenvalue weighted by Gasteiger charge is 2.45. The summed E-state index contributed by atoms with van der Waals surface area (Å²) in [7, 11) is 0. The van der Waals surface area contributed by atoms with Crippen molar-refractivity contribution in [2.45, 2.75) is 64.1 Å². The number of benzene rings is 1. The summed E-state index contributed by atoms with van der Waals surface area (Å²) in [5, 5.41) is 10.9. The van der Waals surface area contributed by atoms with Crippen molar-refractivity contribution < 1.29 is 5.11 Å². The van der Waals surface area contributed by atoms with Gasteiger partial charge in [0.2, 0.25) is 0 Å². The number of hydrogen-bond donors (Lipinski definition) is 1. The largest absolute Gasteiger partial charge is 0.388 e. The van der Waals surface area contributed by atoms with Crippen LogP contribution < -0.4 is 0 Å². The van der Waals surface area contributed by atoms with E-state index in [4.69, 9.17) is 0 Å². The number of aliphatic hydroxyl groups is 1. The van der Waals surface area contributed by atoms with Crippen molar-refractivity contribution in [2.24, 2.45) is 0 Å². The number of rotatable bonds is 3. The first-order valence-corrected chi connectivity index (χ1v) is 7.51. The molecule has 3 rings (SSSR count). The Morgan fingerprint density at radius 1 is 1.26 bits per heavy atom. The van der Waals surface area contributed by atoms with Crippen LogP contribution in [0.5, 0.6) is 0 Å². The monoisotopic (exact) mass is 259 g/mol. The van der Waals surface area contributed by atoms with Gasteiger partial charge in [0.25, 0.3) is 0 Å². The first kappa shape index (κ1) is 13.1. The minimum atomic E-state index is -0.524. The molecule has 1 heterocycles. The van der Waals surface area contributed by atoms with Crippen LogP contribution in [0.1, 0.15) is 42.9 Å². The van der Waals surface area contributed by atoms with Gasteiger partial charge in [0.1, 0.15) is 0 Å². The zero-order valence-electron chi connectivity index (χ0n) is 12.3. The Morgan fingerprint density at radius 3 is 2.63 bits per heavy atom. The lowest BCUT2D eigenvalue weighted by atomic mass is 9.91. The molecule has 0 amide bonds. The van der Waals surface area contributed by atoms with E-state index in [0.29, 0.717) is 6.04 Å². The summed E-state index contributed by atoms with van der Waals surface area (Å²) in [6.07, 6.45) is 4.35. The molecule has 2 heteroatoms. The summed E-state index contributed by atoms with van der Waals surface area (Å²) >= 11 is 0. The minimum absolute atomic E-state index is 0.524. The van der Waals surface area contributed by atoms with E-state index in [1.807, 2.05) is 0 Å². The molecule has 2 fully saturated rings. The zero-order chi connectivity index (χ0) is 13.6. The van der Waals surface area contributed by atoms with Crippen molar-refractivity contribution in [3.8, 4) is 0 Å². The van der Waals surface area contributed by atoms with Gasteiger partial charge in [-0.1, -0.05) is 18.2 Å². The average molecular weight is 259 g/mol. The van der Waals surface area contributed by atoms with Crippen LogP contribution in [0.15, 0.2) is 18.2 Å². The molecule has 0 aromatic heterocycles. The molecule has 2 nitrogen and oxygen atoms in total. The maximum Gasteiger partial charge on any atom is 0.0829 e. The summed E-state index contributed by atoms with van der Waals surface area (Å²) in [4.78, 5) is 2.51. The van der Waals surface area contributed by atoms with Gasteiger partial charge in [-0.05, 0) is 56.7 Å². The maximum atomic E-state index is 10.9. The lowest BCUT2D eigenvalue weighted by Gasteiger charge is -2.24. The number of nitrogens with zero attached hydrogens (tertiary/aromatic N) is 1. The maximum absolute atomic E-state index is 10.9. The van der Waals surface area contributed by atoms with E-state index in [2.05, 4.69) is 43.9 Å². The lowest BCUT2D eigenvalue weighted by Crippen LogP contribution is -2.36. The third-order valence-electron chi connectivity index (χ3n) is 4.84. The molecule has 1 N–H and O–H groups in total. The molecule has 19 heavy (non-hydrogen) atoms. The van der Waals surface area contributed by atoms with Crippen LogP contribution in [0.25, 0.3) is 0 Å². The lowest BCUT2D eigenvalue weighted by molar-refractivity contribution is 0.0487. The van der Waals surface area contributed by atoms with Crippen LogP contribution in [0.3, 0.4) is 0 Å². The Bertz CT molecular complexity index is 480. The van der Waals surface area contributed by atoms with Crippen molar-refractivity contribution >= 4 is 0 Å². The zero-order valence-corrected chi connectivity index (χ0v) is 12.3. The highest BCUT2D eigenvalue weighted by Crippen LogP contribution is 2.38. The first-order valence-electron chi connectivity index (χ1n) is 7.51. The van der Waals surface area contributed by atoms with Crippen molar-refractivity contribution in [1.29, 1.82) is 0 Å². The standard InChI is InChI=1S/C17H25NO/c1-12-4-5-15(8-13(12)2)10-17(19)9-14(3)18(11-17)16-6-7-16/h4-5,8,14,16,19H,6-7,9-11H2,1-3H3. The van der Waals surface area contributed by atoms with Crippen molar-refractivity contribution in [2.75, 3.05) is 6.54 Å². The highest BCUT2D eigenvalue weighted by molar-refractivity contribution is 5.31. The van der Waals surface area contributed by atoms with Crippen molar-refractivity contribution in [1.82, 2.24) is 4.90 Å². The number of likely N-dealkylation sites (tertiary alicyclic amines) is 1. The van der Waals surface area contributed by atoms with E-state index in [1.165, 1.54) is 29.5 Å². The fourth-order valence-electron chi connectivity index (χ4n) is 3.54. The van der Waals surface area contributed by atoms with Gasteiger partial charge in [-0.15, -0.1) is 0 Å². The van der Waals surface area contributed by atoms with Gasteiger partial charge in [0.05, 0.1) is 5.60 Å². The van der Waals surface area contributed by atoms with Gasteiger partial charge in [-0.25, -0.2) is 0 Å². The molecule has 0 radical (unpaired) electrons. The second kappa shape index (κ2) is 4.60. The number of aryl methyl sites for hydroxylation is 2. The summed E-state index contributed by atoms with van der Waals surface area (Å²) in [5.74, 6) is 0. The Morgan fingerprint density at radius 2 is 2.00 bits per heavy atom. The van der Waals surface area contributed by atoms with Gasteiger partial charge in [-0.3, -0.25) is 4.90 Å². The number of hydrogen-bond acceptors (Lipinski definition) is 2. The summed E-state index contributed by atoms with van der Waals surface area (Å²) in [6.45, 7) is 7.40. The van der Waals surface area contributed by atoms with Crippen LogP contribution in [0, 0.1) is 13.8 Å². The SMILES string of the molecule is Cc1ccc(CC2(O)CC(C)N(C3CC3)C2)cc1C. The van der Waals surface area contributed by atoms with Gasteiger partial charge in [0.15, 0.2) is 0 Å². The molecule has 0 spiro atoms. The van der Waals surface area contributed by atoms with Crippen LogP contribution in [-0.4, -0.2) is 34.2 Å². The Hall–Kier alpha value is -0.860. The summed E-state index contributed by atoms with van der Waals surface area (Å²) in [6, 6.07) is 7.86. The van der Waals surface area contributed by atoms with E-state index in [1.54, 1.807) is 0 Å². The fourth-order valence-corrected chi connectivity index (χ4v) is 3.54. The predicted molar refractivity (Wildman–Crippen MR) is 78.4 cm³/mol. The quantitative estimate of drug-likeness (QED) is 0.902. The molecular formula is C17H25NO. The van der Waals surface area contributed by atoms with Crippen LogP contribution >= 0.6 is 0 Å². The minimum Gasteiger partial charge on any atom is -0.388 e. The van der Waals surface area contributed by atoms with E-state index in [0.717, 1.165) is 25.4 Å². The summed E-state index contributed by atoms with van der Waals surface area (Å²) in [5.41, 5.74) is 3.40. The first-order chi connectivity index (χ1) is 8.97. The molecule has 1 aromatic carbocycles. The Kier molecular flexibility index (Phi) is 3.18. The highest BCUT2D eigenvalue weighted by atomic mass is 16.3. The molecule has 1 saturated heterocycles. The van der Waals surface area contributed by atoms with E-state index >= 15 is 0 Å². The molecule has 1 aliphatic carbocycles. The van der Waals surface area contributed by atoms with Crippen LogP contribution in [0.2, 0.25) is 0 Å². The topological polar surface area (TPSA) is 23.5 Å². The third-order valence-corrected chi connectivity index (χ3v) is 4.84. The van der Waals surface area contributed by atoms with E-state index < -0.39 is 5.60 Å². The Labute approximate surface area is 116 Å². The molecule has 1 saturated carbocycles. The average Bonchev–Trinajstić information content (AvgIpc) is 3.11. The van der Waals surface area contributed by atoms with Crippen molar-refractivity contribution in [3.05, 3.63) is 34.9 Å². The van der Waals surface area contributed by atoms with Gasteiger partial charge in [0, 0.05) is 25.0 Å². The second-order valence-electron chi connectivity index (χ2n) is 6.78. The predicted octanol–water partition coefficient (Wildman–Crippen LogP) is 2.83. The molecule has 2 unspecified atom stereocenters. The molecule has 1 aromatic rings. The molecule has 2 atom stereocenters. The van der Waals surface area contributed by atoms with Crippen LogP contribution in [-0.2, 0) is 6.42 Å². The third kappa shape index (κ3) is 2.70. The smallest absolute Gasteiger partial charge is 0.0829 e.